The van der Waals surface area contributed by atoms with Crippen LogP contribution in [0.1, 0.15) is 52.3 Å². The number of hydrogen-bond donors (Lipinski definition) is 3. The van der Waals surface area contributed by atoms with Gasteiger partial charge in [-0.15, -0.1) is 5.10 Å². The molecule has 2 heterocycles. The first kappa shape index (κ1) is 28.8. The highest BCUT2D eigenvalue weighted by Crippen LogP contribution is 2.37. The summed E-state index contributed by atoms with van der Waals surface area (Å²) in [5.41, 5.74) is 2.38. The molecule has 0 bridgehead atoms. The second-order valence-electron chi connectivity index (χ2n) is 9.66. The third-order valence-electron chi connectivity index (χ3n) is 6.25. The first-order valence-corrected chi connectivity index (χ1v) is 12.6. The zero-order chi connectivity index (χ0) is 29.7. The lowest BCUT2D eigenvalue weighted by Gasteiger charge is -2.16. The van der Waals surface area contributed by atoms with Crippen LogP contribution in [-0.4, -0.2) is 40.8 Å². The maximum absolute atomic E-state index is 13.3. The van der Waals surface area contributed by atoms with Crippen molar-refractivity contribution in [3.05, 3.63) is 110 Å². The molecule has 2 aromatic heterocycles. The summed E-state index contributed by atoms with van der Waals surface area (Å²) in [6.45, 7) is 3.95. The number of aromatic carboxylic acids is 1. The highest BCUT2D eigenvalue weighted by molar-refractivity contribution is 5.97. The lowest BCUT2D eigenvalue weighted by Crippen LogP contribution is -2.13. The highest BCUT2D eigenvalue weighted by atomic mass is 19.1. The number of aromatic nitrogens is 4. The van der Waals surface area contributed by atoms with Crippen LogP contribution >= 0.6 is 0 Å². The first-order valence-electron chi connectivity index (χ1n) is 12.6. The number of carbonyl (C=O) groups is 1. The Balaban J connectivity index is 1.64. The van der Waals surface area contributed by atoms with E-state index in [4.69, 9.17) is 4.74 Å². The van der Waals surface area contributed by atoms with Gasteiger partial charge in [0.05, 0.1) is 12.7 Å². The van der Waals surface area contributed by atoms with Crippen LogP contribution in [0.4, 0.5) is 4.39 Å². The smallest absolute Gasteiger partial charge is 0.340 e. The summed E-state index contributed by atoms with van der Waals surface area (Å²) in [4.78, 5) is 24.0. The van der Waals surface area contributed by atoms with E-state index >= 15 is 0 Å². The number of pyridine rings is 1. The molecule has 0 atom stereocenters. The number of ether oxygens (including phenoxy) is 1. The zero-order valence-electron chi connectivity index (χ0n) is 22.7. The van der Waals surface area contributed by atoms with E-state index in [9.17, 15) is 29.3 Å². The number of carboxylic acid groups (broad SMARTS) is 1. The number of aromatic hydroxyl groups is 2. The van der Waals surface area contributed by atoms with Crippen molar-refractivity contribution in [1.82, 2.24) is 19.6 Å². The number of phenols is 1. The molecule has 0 saturated carbocycles. The SMILES string of the molecule is CC(C)=CCc1c(OCc2cn(Cc3cc(=O)c(O)cn3C)nn2)cc(/C=C/c2ccc(F)cc2)c(C(=O)O)c1O. The minimum absolute atomic E-state index is 0.0384. The topological polar surface area (TPSA) is 140 Å². The van der Waals surface area contributed by atoms with Crippen molar-refractivity contribution in [1.29, 1.82) is 0 Å². The average Bonchev–Trinajstić information content (AvgIpc) is 3.36. The van der Waals surface area contributed by atoms with Crippen LogP contribution < -0.4 is 10.2 Å². The first-order chi connectivity index (χ1) is 19.5. The number of aryl methyl sites for hydroxylation is 1. The van der Waals surface area contributed by atoms with Crippen molar-refractivity contribution >= 4 is 18.1 Å². The van der Waals surface area contributed by atoms with Crippen LogP contribution in [0, 0.1) is 5.82 Å². The summed E-state index contributed by atoms with van der Waals surface area (Å²) >= 11 is 0. The molecule has 0 spiro atoms. The minimum atomic E-state index is -1.31. The third kappa shape index (κ3) is 7.07. The second kappa shape index (κ2) is 12.3. The van der Waals surface area contributed by atoms with Crippen LogP contribution in [0.5, 0.6) is 17.2 Å². The lowest BCUT2D eigenvalue weighted by atomic mass is 9.97. The molecule has 11 heteroatoms. The van der Waals surface area contributed by atoms with Gasteiger partial charge in [0.2, 0.25) is 5.43 Å². The number of rotatable bonds is 10. The molecule has 2 aromatic carbocycles. The van der Waals surface area contributed by atoms with Gasteiger partial charge in [0.25, 0.3) is 0 Å². The zero-order valence-corrected chi connectivity index (χ0v) is 22.7. The average molecular weight is 561 g/mol. The van der Waals surface area contributed by atoms with Crippen LogP contribution in [0.15, 0.2) is 65.2 Å². The number of allylic oxidation sites excluding steroid dienone is 2. The van der Waals surface area contributed by atoms with Gasteiger partial charge in [0.15, 0.2) is 5.75 Å². The van der Waals surface area contributed by atoms with Crippen molar-refractivity contribution in [2.24, 2.45) is 7.05 Å². The maximum Gasteiger partial charge on any atom is 0.340 e. The van der Waals surface area contributed by atoms with Gasteiger partial charge in [-0.3, -0.25) is 4.79 Å². The highest BCUT2D eigenvalue weighted by Gasteiger charge is 2.22. The normalized spacial score (nSPS) is 11.1. The van der Waals surface area contributed by atoms with Crippen molar-refractivity contribution < 1.29 is 29.2 Å². The monoisotopic (exact) mass is 560 g/mol. The van der Waals surface area contributed by atoms with Gasteiger partial charge in [0, 0.05) is 30.6 Å². The van der Waals surface area contributed by atoms with Gasteiger partial charge in [-0.25, -0.2) is 13.9 Å². The van der Waals surface area contributed by atoms with Crippen molar-refractivity contribution in [3.8, 4) is 17.2 Å². The Hall–Kier alpha value is -5.19. The molecule has 0 amide bonds. The molecule has 0 aliphatic carbocycles. The predicted molar refractivity (Wildman–Crippen MR) is 150 cm³/mol. The van der Waals surface area contributed by atoms with Gasteiger partial charge in [0.1, 0.15) is 35.2 Å². The number of halogens is 1. The van der Waals surface area contributed by atoms with E-state index in [-0.39, 0.29) is 42.2 Å². The fourth-order valence-corrected chi connectivity index (χ4v) is 4.07. The Morgan fingerprint density at radius 2 is 1.83 bits per heavy atom. The lowest BCUT2D eigenvalue weighted by molar-refractivity contribution is 0.0693. The van der Waals surface area contributed by atoms with E-state index in [1.807, 2.05) is 19.9 Å². The summed E-state index contributed by atoms with van der Waals surface area (Å²) in [5.74, 6) is -2.20. The summed E-state index contributed by atoms with van der Waals surface area (Å²) in [7, 11) is 1.69. The Bertz CT molecular complexity index is 1700. The summed E-state index contributed by atoms with van der Waals surface area (Å²) in [5, 5.41) is 38.7. The molecular formula is C30H29FN4O6. The van der Waals surface area contributed by atoms with E-state index in [2.05, 4.69) is 10.3 Å². The summed E-state index contributed by atoms with van der Waals surface area (Å²) < 4.78 is 22.4. The molecule has 0 unspecified atom stereocenters. The largest absolute Gasteiger partial charge is 0.507 e. The molecular weight excluding hydrogens is 531 g/mol. The van der Waals surface area contributed by atoms with E-state index in [0.29, 0.717) is 22.5 Å². The Kier molecular flexibility index (Phi) is 8.66. The van der Waals surface area contributed by atoms with E-state index < -0.39 is 23.0 Å². The Morgan fingerprint density at radius 3 is 2.51 bits per heavy atom. The van der Waals surface area contributed by atoms with E-state index in [1.54, 1.807) is 36.0 Å². The predicted octanol–water partition coefficient (Wildman–Crippen LogP) is 4.53. The number of carboxylic acids is 1. The van der Waals surface area contributed by atoms with E-state index in [0.717, 1.165) is 5.57 Å². The van der Waals surface area contributed by atoms with Crippen molar-refractivity contribution in [3.63, 3.8) is 0 Å². The van der Waals surface area contributed by atoms with Gasteiger partial charge >= 0.3 is 5.97 Å². The molecule has 0 fully saturated rings. The standard InChI is InChI=1S/C30H29FN4O6/c1-18(2)4-11-24-27(12-20(28(29(24)38)30(39)40)8-5-19-6-9-21(31)10-7-19)41-17-22-14-35(33-32-22)15-23-13-25(36)26(37)16-34(23)3/h4-10,12-14,16,37-38H,11,15,17H2,1-3H3,(H,39,40)/b8-5+. The summed E-state index contributed by atoms with van der Waals surface area (Å²) in [6, 6.07) is 8.53. The van der Waals surface area contributed by atoms with Crippen LogP contribution in [0.2, 0.25) is 0 Å². The quantitative estimate of drug-likeness (QED) is 0.190. The van der Waals surface area contributed by atoms with E-state index in [1.165, 1.54) is 41.2 Å². The van der Waals surface area contributed by atoms with Crippen LogP contribution in [-0.2, 0) is 26.6 Å². The fraction of sp³-hybridized carbons (Fsp3) is 0.200. The number of benzene rings is 2. The summed E-state index contributed by atoms with van der Waals surface area (Å²) in [6.07, 6.45) is 8.16. The van der Waals surface area contributed by atoms with Crippen molar-refractivity contribution in [2.75, 3.05) is 0 Å². The van der Waals surface area contributed by atoms with Crippen LogP contribution in [0.3, 0.4) is 0 Å². The second-order valence-corrected chi connectivity index (χ2v) is 9.66. The molecule has 212 valence electrons. The Labute approximate surface area is 234 Å². The molecule has 3 N–H and O–H groups in total. The molecule has 0 radical (unpaired) electrons. The molecule has 10 nitrogen and oxygen atoms in total. The van der Waals surface area contributed by atoms with Gasteiger partial charge < -0.3 is 24.6 Å². The molecule has 0 aliphatic heterocycles. The number of nitrogens with zero attached hydrogens (tertiary/aromatic N) is 4. The molecule has 4 rings (SSSR count). The third-order valence-corrected chi connectivity index (χ3v) is 6.25. The molecule has 0 aliphatic rings. The Morgan fingerprint density at radius 1 is 1.10 bits per heavy atom. The molecule has 0 saturated heterocycles. The van der Waals surface area contributed by atoms with Gasteiger partial charge in [-0.05, 0) is 49.6 Å². The van der Waals surface area contributed by atoms with Gasteiger partial charge in [-0.2, -0.15) is 0 Å². The molecule has 4 aromatic rings. The van der Waals surface area contributed by atoms with Gasteiger partial charge in [-0.1, -0.05) is 41.1 Å². The van der Waals surface area contributed by atoms with Crippen LogP contribution in [0.25, 0.3) is 12.2 Å². The fourth-order valence-electron chi connectivity index (χ4n) is 4.07. The molecule has 41 heavy (non-hydrogen) atoms. The maximum atomic E-state index is 13.3. The van der Waals surface area contributed by atoms with Crippen molar-refractivity contribution in [2.45, 2.75) is 33.4 Å². The number of hydrogen-bond acceptors (Lipinski definition) is 7. The minimum Gasteiger partial charge on any atom is -0.507 e.